The number of anilines is 1. The number of halogens is 1. The number of nitrogens with zero attached hydrogens (tertiary/aromatic N) is 6. The van der Waals surface area contributed by atoms with Crippen LogP contribution in [0.15, 0.2) is 101 Å². The van der Waals surface area contributed by atoms with E-state index in [4.69, 9.17) is 21.3 Å². The highest BCUT2D eigenvalue weighted by Gasteiger charge is 2.34. The van der Waals surface area contributed by atoms with Crippen LogP contribution in [-0.4, -0.2) is 37.7 Å². The lowest BCUT2D eigenvalue weighted by Gasteiger charge is -2.28. The molecule has 1 aliphatic rings. The number of para-hydroxylation sites is 1. The lowest BCUT2D eigenvalue weighted by molar-refractivity contribution is 0.414. The number of aromatic nitrogens is 5. The van der Waals surface area contributed by atoms with Gasteiger partial charge in [-0.1, -0.05) is 48.0 Å². The monoisotopic (exact) mass is 590 g/mol. The first-order valence-electron chi connectivity index (χ1n) is 14.0. The fourth-order valence-electron chi connectivity index (χ4n) is 5.94. The highest BCUT2D eigenvalue weighted by atomic mass is 35.5. The Morgan fingerprint density at radius 2 is 1.74 bits per heavy atom. The summed E-state index contributed by atoms with van der Waals surface area (Å²) in [6.45, 7) is 1.16. The maximum Gasteiger partial charge on any atom is 0.267 e. The largest absolute Gasteiger partial charge is 0.497 e. The number of rotatable bonds is 6. The Labute approximate surface area is 251 Å². The number of ether oxygens (including phenoxy) is 1. The Kier molecular flexibility index (Phi) is 6.87. The molecule has 214 valence electrons. The Hall–Kier alpha value is -5.02. The van der Waals surface area contributed by atoms with E-state index in [2.05, 4.69) is 14.9 Å². The minimum atomic E-state index is -0.316. The molecule has 0 radical (unpaired) electrons. The van der Waals surface area contributed by atoms with Crippen molar-refractivity contribution in [3.8, 4) is 11.4 Å². The first-order chi connectivity index (χ1) is 21.0. The Balaban J connectivity index is 1.38. The summed E-state index contributed by atoms with van der Waals surface area (Å²) in [5, 5.41) is 1.16. The third kappa shape index (κ3) is 4.71. The van der Waals surface area contributed by atoms with Crippen LogP contribution in [0, 0.1) is 0 Å². The van der Waals surface area contributed by atoms with Crippen molar-refractivity contribution in [1.29, 1.82) is 0 Å². The molecule has 1 atom stereocenters. The molecule has 0 saturated carbocycles. The molecule has 0 spiro atoms. The molecule has 1 fully saturated rings. The molecule has 1 unspecified atom stereocenters. The summed E-state index contributed by atoms with van der Waals surface area (Å²) in [6, 6.07) is 23.8. The number of hydrogen-bond donors (Lipinski definition) is 0. The third-order valence-electron chi connectivity index (χ3n) is 7.95. The van der Waals surface area contributed by atoms with Crippen LogP contribution < -0.4 is 20.6 Å². The van der Waals surface area contributed by atoms with E-state index in [1.807, 2.05) is 59.2 Å². The molecule has 0 bridgehead atoms. The van der Waals surface area contributed by atoms with Gasteiger partial charge in [-0.05, 0) is 54.8 Å². The molecule has 0 aliphatic carbocycles. The second-order valence-electron chi connectivity index (χ2n) is 10.5. The Bertz CT molecular complexity index is 2090. The van der Waals surface area contributed by atoms with Crippen LogP contribution in [0.4, 0.5) is 5.82 Å². The van der Waals surface area contributed by atoms with E-state index in [-0.39, 0.29) is 17.0 Å². The minimum absolute atomic E-state index is 0.166. The molecule has 4 heterocycles. The minimum Gasteiger partial charge on any atom is -0.497 e. The van der Waals surface area contributed by atoms with Gasteiger partial charge >= 0.3 is 0 Å². The van der Waals surface area contributed by atoms with Gasteiger partial charge in [0.2, 0.25) is 0 Å². The van der Waals surface area contributed by atoms with Crippen molar-refractivity contribution in [3.05, 3.63) is 128 Å². The van der Waals surface area contributed by atoms with Crippen LogP contribution in [0.1, 0.15) is 30.3 Å². The second-order valence-corrected chi connectivity index (χ2v) is 10.9. The van der Waals surface area contributed by atoms with Crippen molar-refractivity contribution in [2.75, 3.05) is 18.6 Å². The van der Waals surface area contributed by atoms with Crippen molar-refractivity contribution < 1.29 is 4.74 Å². The predicted octanol–water partition coefficient (Wildman–Crippen LogP) is 5.54. The number of benzene rings is 3. The third-order valence-corrected chi connectivity index (χ3v) is 8.27. The van der Waals surface area contributed by atoms with Crippen LogP contribution in [-0.2, 0) is 6.54 Å². The van der Waals surface area contributed by atoms with Crippen LogP contribution in [0.2, 0.25) is 5.02 Å². The van der Waals surface area contributed by atoms with Gasteiger partial charge in [0, 0.05) is 25.4 Å². The maximum absolute atomic E-state index is 14.0. The zero-order chi connectivity index (χ0) is 29.5. The van der Waals surface area contributed by atoms with Crippen molar-refractivity contribution in [2.45, 2.75) is 25.4 Å². The van der Waals surface area contributed by atoms with Crippen molar-refractivity contribution in [3.63, 3.8) is 0 Å². The summed E-state index contributed by atoms with van der Waals surface area (Å²) in [5.41, 5.74) is 2.39. The van der Waals surface area contributed by atoms with E-state index >= 15 is 0 Å². The van der Waals surface area contributed by atoms with Gasteiger partial charge in [-0.2, -0.15) is 0 Å². The highest BCUT2D eigenvalue weighted by Crippen LogP contribution is 2.37. The molecule has 1 saturated heterocycles. The topological polar surface area (TPSA) is 95.1 Å². The summed E-state index contributed by atoms with van der Waals surface area (Å²) in [5.74, 6) is 1.88. The molecule has 43 heavy (non-hydrogen) atoms. The molecule has 6 aromatic rings. The summed E-state index contributed by atoms with van der Waals surface area (Å²) in [7, 11) is 1.63. The Morgan fingerprint density at radius 1 is 0.930 bits per heavy atom. The van der Waals surface area contributed by atoms with Crippen LogP contribution in [0.5, 0.6) is 5.75 Å². The first kappa shape index (κ1) is 26.9. The summed E-state index contributed by atoms with van der Waals surface area (Å²) < 4.78 is 8.88. The van der Waals surface area contributed by atoms with Crippen LogP contribution >= 0.6 is 11.6 Å². The van der Waals surface area contributed by atoms with Gasteiger partial charge in [0.1, 0.15) is 34.8 Å². The van der Waals surface area contributed by atoms with E-state index in [1.54, 1.807) is 42.1 Å². The average molecular weight is 591 g/mol. The van der Waals surface area contributed by atoms with E-state index in [9.17, 15) is 9.59 Å². The summed E-state index contributed by atoms with van der Waals surface area (Å²) in [6.07, 6.45) is 4.81. The van der Waals surface area contributed by atoms with E-state index < -0.39 is 0 Å². The van der Waals surface area contributed by atoms with Gasteiger partial charge in [-0.15, -0.1) is 0 Å². The summed E-state index contributed by atoms with van der Waals surface area (Å²) >= 11 is 6.51. The fraction of sp³-hybridized carbons (Fsp3) is 0.182. The highest BCUT2D eigenvalue weighted by molar-refractivity contribution is 6.35. The van der Waals surface area contributed by atoms with E-state index in [1.165, 1.54) is 6.33 Å². The molecule has 0 N–H and O–H groups in total. The average Bonchev–Trinajstić information content (AvgIpc) is 3.53. The fourth-order valence-corrected chi connectivity index (χ4v) is 6.19. The van der Waals surface area contributed by atoms with Crippen LogP contribution in [0.3, 0.4) is 0 Å². The predicted molar refractivity (Wildman–Crippen MR) is 168 cm³/mol. The molecule has 10 heteroatoms. The molecule has 9 nitrogen and oxygen atoms in total. The quantitative estimate of drug-likeness (QED) is 0.251. The maximum atomic E-state index is 14.0. The van der Waals surface area contributed by atoms with E-state index in [0.29, 0.717) is 57.4 Å². The summed E-state index contributed by atoms with van der Waals surface area (Å²) in [4.78, 5) is 43.7. The molecule has 0 amide bonds. The SMILES string of the molecule is COc1ccc(Cn2ccc(=O)c3c(N4CCCC4c4nc5cccc(Cl)c5c(=O)n4-c4ccccc4)ncnc32)cc1. The molecule has 7 rings (SSSR count). The number of pyridine rings is 1. The first-order valence-corrected chi connectivity index (χ1v) is 14.4. The van der Waals surface area contributed by atoms with Gasteiger partial charge in [-0.25, -0.2) is 15.0 Å². The molecule has 3 aromatic heterocycles. The van der Waals surface area contributed by atoms with Gasteiger partial charge in [0.15, 0.2) is 5.43 Å². The molecule has 3 aromatic carbocycles. The molecular weight excluding hydrogens is 564 g/mol. The van der Waals surface area contributed by atoms with Crippen molar-refractivity contribution in [2.24, 2.45) is 0 Å². The standard InChI is InChI=1S/C33H27ClN6O3/c1-43-23-14-12-21(13-15-23)19-38-18-16-27(41)29-31(38)35-20-36-32(29)39-17-6-11-26(39)30-37-25-10-5-9-24(34)28(25)33(42)40(30)22-7-3-2-4-8-22/h2-5,7-10,12-16,18,20,26H,6,11,17,19H2,1H3. The lowest BCUT2D eigenvalue weighted by Crippen LogP contribution is -2.32. The van der Waals surface area contributed by atoms with Crippen molar-refractivity contribution >= 4 is 39.4 Å². The van der Waals surface area contributed by atoms with Crippen LogP contribution in [0.25, 0.3) is 27.6 Å². The number of hydrogen-bond acceptors (Lipinski definition) is 7. The van der Waals surface area contributed by atoms with Crippen molar-refractivity contribution in [1.82, 2.24) is 24.1 Å². The zero-order valence-corrected chi connectivity index (χ0v) is 24.1. The number of fused-ring (bicyclic) bond motifs is 2. The Morgan fingerprint density at radius 3 is 2.53 bits per heavy atom. The lowest BCUT2D eigenvalue weighted by atomic mass is 10.1. The van der Waals surface area contributed by atoms with Gasteiger partial charge in [0.05, 0.1) is 34.8 Å². The normalized spacial score (nSPS) is 14.9. The number of methoxy groups -OCH3 is 1. The smallest absolute Gasteiger partial charge is 0.267 e. The second kappa shape index (κ2) is 11.0. The molecular formula is C33H27ClN6O3. The zero-order valence-electron chi connectivity index (χ0n) is 23.4. The van der Waals surface area contributed by atoms with Gasteiger partial charge in [0.25, 0.3) is 5.56 Å². The van der Waals surface area contributed by atoms with Gasteiger partial charge < -0.3 is 14.2 Å². The molecule has 1 aliphatic heterocycles. The van der Waals surface area contributed by atoms with E-state index in [0.717, 1.165) is 24.2 Å². The van der Waals surface area contributed by atoms with Gasteiger partial charge in [-0.3, -0.25) is 14.2 Å².